The first-order valence-electron chi connectivity index (χ1n) is 6.93. The van der Waals surface area contributed by atoms with Crippen molar-refractivity contribution in [3.63, 3.8) is 0 Å². The van der Waals surface area contributed by atoms with Crippen LogP contribution in [0.2, 0.25) is 0 Å². The van der Waals surface area contributed by atoms with Gasteiger partial charge in [0.05, 0.1) is 0 Å². The van der Waals surface area contributed by atoms with Gasteiger partial charge in [0.2, 0.25) is 0 Å². The van der Waals surface area contributed by atoms with Crippen LogP contribution in [0.5, 0.6) is 0 Å². The van der Waals surface area contributed by atoms with E-state index < -0.39 is 0 Å². The number of fused-ring (bicyclic) bond motifs is 6. The third kappa shape index (κ3) is 1.23. The van der Waals surface area contributed by atoms with Crippen molar-refractivity contribution in [2.24, 2.45) is 0 Å². The highest BCUT2D eigenvalue weighted by Crippen LogP contribution is 2.37. The topological polar surface area (TPSA) is 26.3 Å². The van der Waals surface area contributed by atoms with Gasteiger partial charge in [-0.3, -0.25) is 0 Å². The van der Waals surface area contributed by atoms with E-state index in [4.69, 9.17) is 8.83 Å². The van der Waals surface area contributed by atoms with Crippen LogP contribution in [-0.4, -0.2) is 0 Å². The molecular formula is C18H12O2. The molecule has 5 rings (SSSR count). The number of benzene rings is 2. The summed E-state index contributed by atoms with van der Waals surface area (Å²) in [6.07, 6.45) is 6.42. The average Bonchev–Trinajstić information content (AvgIpc) is 3.02. The van der Waals surface area contributed by atoms with Crippen molar-refractivity contribution in [3.8, 4) is 0 Å². The second kappa shape index (κ2) is 3.54. The quantitative estimate of drug-likeness (QED) is 0.429. The third-order valence-corrected chi connectivity index (χ3v) is 4.13. The van der Waals surface area contributed by atoms with Gasteiger partial charge in [-0.15, -0.1) is 0 Å². The Hall–Kier alpha value is -2.48. The lowest BCUT2D eigenvalue weighted by molar-refractivity contribution is 0.546. The predicted octanol–water partition coefficient (Wildman–Crippen LogP) is 5.29. The molecule has 0 amide bonds. The molecule has 0 spiro atoms. The van der Waals surface area contributed by atoms with Gasteiger partial charge in [-0.2, -0.15) is 0 Å². The first-order chi connectivity index (χ1) is 9.90. The third-order valence-electron chi connectivity index (χ3n) is 4.13. The van der Waals surface area contributed by atoms with Crippen LogP contribution in [0.3, 0.4) is 0 Å². The standard InChI is InChI=1S/C18H12O2/c1-3-7-15-11(5-1)13-9-18-14(10-17(13)19-15)12-6-2-4-8-16(12)20-18/h1-3,5-7,9-10H,4,8H2. The summed E-state index contributed by atoms with van der Waals surface area (Å²) in [5.74, 6) is 1.10. The normalized spacial score (nSPS) is 14.4. The fraction of sp³-hybridized carbons (Fsp3) is 0.111. The van der Waals surface area contributed by atoms with E-state index in [9.17, 15) is 0 Å². The average molecular weight is 260 g/mol. The Kier molecular flexibility index (Phi) is 1.83. The van der Waals surface area contributed by atoms with E-state index in [0.717, 1.165) is 51.5 Å². The van der Waals surface area contributed by atoms with Gasteiger partial charge in [0.25, 0.3) is 0 Å². The predicted molar refractivity (Wildman–Crippen MR) is 80.8 cm³/mol. The summed E-state index contributed by atoms with van der Waals surface area (Å²) in [4.78, 5) is 0. The zero-order chi connectivity index (χ0) is 13.1. The fourth-order valence-corrected chi connectivity index (χ4v) is 3.17. The number of hydrogen-bond acceptors (Lipinski definition) is 2. The molecule has 0 N–H and O–H groups in total. The number of furan rings is 2. The smallest absolute Gasteiger partial charge is 0.136 e. The number of allylic oxidation sites excluding steroid dienone is 1. The van der Waals surface area contributed by atoms with Gasteiger partial charge >= 0.3 is 0 Å². The highest BCUT2D eigenvalue weighted by molar-refractivity contribution is 6.10. The van der Waals surface area contributed by atoms with E-state index in [1.54, 1.807) is 0 Å². The summed E-state index contributed by atoms with van der Waals surface area (Å²) in [5.41, 5.74) is 4.04. The van der Waals surface area contributed by atoms with Crippen LogP contribution < -0.4 is 0 Å². The molecular weight excluding hydrogens is 248 g/mol. The summed E-state index contributed by atoms with van der Waals surface area (Å²) in [5, 5.41) is 3.43. The van der Waals surface area contributed by atoms with Crippen LogP contribution >= 0.6 is 0 Å². The largest absolute Gasteiger partial charge is 0.460 e. The Morgan fingerprint density at radius 3 is 2.65 bits per heavy atom. The molecule has 0 radical (unpaired) electrons. The molecule has 0 fully saturated rings. The van der Waals surface area contributed by atoms with Crippen LogP contribution in [0.15, 0.2) is 51.3 Å². The maximum atomic E-state index is 6.02. The molecule has 2 aromatic heterocycles. The van der Waals surface area contributed by atoms with Gasteiger partial charge in [-0.1, -0.05) is 30.4 Å². The molecule has 96 valence electrons. The number of para-hydroxylation sites is 1. The molecule has 1 aliphatic carbocycles. The van der Waals surface area contributed by atoms with E-state index in [0.29, 0.717) is 0 Å². The second-order valence-electron chi connectivity index (χ2n) is 5.32. The molecule has 0 aliphatic heterocycles. The lowest BCUT2D eigenvalue weighted by Crippen LogP contribution is -1.87. The molecule has 0 saturated carbocycles. The Morgan fingerprint density at radius 2 is 1.65 bits per heavy atom. The van der Waals surface area contributed by atoms with E-state index in [2.05, 4.69) is 30.4 Å². The lowest BCUT2D eigenvalue weighted by atomic mass is 10.0. The maximum absolute atomic E-state index is 6.02. The van der Waals surface area contributed by atoms with Crippen LogP contribution in [0.1, 0.15) is 17.7 Å². The summed E-state index contributed by atoms with van der Waals surface area (Å²) < 4.78 is 12.0. The molecule has 2 nitrogen and oxygen atoms in total. The molecule has 0 saturated heterocycles. The van der Waals surface area contributed by atoms with E-state index in [-0.39, 0.29) is 0 Å². The van der Waals surface area contributed by atoms with Crippen molar-refractivity contribution >= 4 is 39.0 Å². The SMILES string of the molecule is C1=Cc2c(oc3cc4c(cc23)oc2ccccc24)CC1. The molecule has 2 aromatic carbocycles. The minimum absolute atomic E-state index is 0.930. The van der Waals surface area contributed by atoms with E-state index in [1.807, 2.05) is 18.2 Å². The number of aryl methyl sites for hydroxylation is 1. The summed E-state index contributed by atoms with van der Waals surface area (Å²) in [7, 11) is 0. The van der Waals surface area contributed by atoms with Gasteiger partial charge in [-0.05, 0) is 24.6 Å². The first-order valence-corrected chi connectivity index (χ1v) is 6.93. The highest BCUT2D eigenvalue weighted by Gasteiger charge is 2.17. The number of rotatable bonds is 0. The van der Waals surface area contributed by atoms with Crippen LogP contribution in [-0.2, 0) is 6.42 Å². The molecule has 1 aliphatic rings. The highest BCUT2D eigenvalue weighted by atomic mass is 16.3. The molecule has 4 aromatic rings. The first kappa shape index (κ1) is 10.3. The fourth-order valence-electron chi connectivity index (χ4n) is 3.17. The molecule has 20 heavy (non-hydrogen) atoms. The van der Waals surface area contributed by atoms with Crippen molar-refractivity contribution in [2.45, 2.75) is 12.8 Å². The van der Waals surface area contributed by atoms with Crippen molar-refractivity contribution in [1.82, 2.24) is 0 Å². The molecule has 0 bridgehead atoms. The summed E-state index contributed by atoms with van der Waals surface area (Å²) in [6.45, 7) is 0. The van der Waals surface area contributed by atoms with E-state index >= 15 is 0 Å². The van der Waals surface area contributed by atoms with Crippen molar-refractivity contribution in [3.05, 3.63) is 53.8 Å². The summed E-state index contributed by atoms with van der Waals surface area (Å²) >= 11 is 0. The van der Waals surface area contributed by atoms with Gasteiger partial charge in [0.1, 0.15) is 22.5 Å². The Morgan fingerprint density at radius 1 is 0.800 bits per heavy atom. The summed E-state index contributed by atoms with van der Waals surface area (Å²) in [6, 6.07) is 12.4. The lowest BCUT2D eigenvalue weighted by Gasteiger charge is -2.01. The van der Waals surface area contributed by atoms with Crippen LogP contribution in [0, 0.1) is 0 Å². The second-order valence-corrected chi connectivity index (χ2v) is 5.32. The van der Waals surface area contributed by atoms with Crippen LogP contribution in [0.4, 0.5) is 0 Å². The van der Waals surface area contributed by atoms with Gasteiger partial charge in [-0.25, -0.2) is 0 Å². The maximum Gasteiger partial charge on any atom is 0.136 e. The van der Waals surface area contributed by atoms with Crippen molar-refractivity contribution < 1.29 is 8.83 Å². The molecule has 0 unspecified atom stereocenters. The van der Waals surface area contributed by atoms with E-state index in [1.165, 1.54) is 5.56 Å². The van der Waals surface area contributed by atoms with Gasteiger partial charge in [0, 0.05) is 28.1 Å². The molecule has 2 heterocycles. The molecule has 2 heteroatoms. The Bertz CT molecular complexity index is 998. The minimum atomic E-state index is 0.930. The minimum Gasteiger partial charge on any atom is -0.460 e. The van der Waals surface area contributed by atoms with Gasteiger partial charge in [0.15, 0.2) is 0 Å². The zero-order valence-electron chi connectivity index (χ0n) is 10.8. The van der Waals surface area contributed by atoms with Crippen molar-refractivity contribution in [2.75, 3.05) is 0 Å². The Balaban J connectivity index is 1.96. The van der Waals surface area contributed by atoms with Crippen LogP contribution in [0.25, 0.3) is 39.0 Å². The zero-order valence-corrected chi connectivity index (χ0v) is 10.8. The Labute approximate surface area is 115 Å². The molecule has 0 atom stereocenters. The monoisotopic (exact) mass is 260 g/mol. The van der Waals surface area contributed by atoms with Gasteiger partial charge < -0.3 is 8.83 Å². The van der Waals surface area contributed by atoms with Crippen molar-refractivity contribution in [1.29, 1.82) is 0 Å². The number of hydrogen-bond donors (Lipinski definition) is 0.